The van der Waals surface area contributed by atoms with Gasteiger partial charge in [0.25, 0.3) is 0 Å². The Hall–Kier alpha value is -2.36. The molecule has 0 saturated heterocycles. The van der Waals surface area contributed by atoms with E-state index in [2.05, 4.69) is 4.74 Å². The zero-order chi connectivity index (χ0) is 13.0. The number of benzene rings is 2. The van der Waals surface area contributed by atoms with Gasteiger partial charge in [-0.2, -0.15) is 0 Å². The Kier molecular flexibility index (Phi) is 3.57. The van der Waals surface area contributed by atoms with Gasteiger partial charge in [-0.25, -0.2) is 9.18 Å². The summed E-state index contributed by atoms with van der Waals surface area (Å²) in [7, 11) is 1.20. The van der Waals surface area contributed by atoms with Crippen LogP contribution >= 0.6 is 0 Å². The minimum atomic E-state index is -0.709. The molecule has 0 aromatic heterocycles. The van der Waals surface area contributed by atoms with Crippen LogP contribution in [0.4, 0.5) is 4.39 Å². The van der Waals surface area contributed by atoms with E-state index in [1.165, 1.54) is 19.2 Å². The summed E-state index contributed by atoms with van der Waals surface area (Å²) in [5.41, 5.74) is -0.113. The van der Waals surface area contributed by atoms with Crippen LogP contribution < -0.4 is 4.74 Å². The lowest BCUT2D eigenvalue weighted by Gasteiger charge is -2.07. The van der Waals surface area contributed by atoms with Gasteiger partial charge in [0.1, 0.15) is 17.3 Å². The average Bonchev–Trinajstić information content (AvgIpc) is 2.39. The van der Waals surface area contributed by atoms with Gasteiger partial charge in [-0.3, -0.25) is 0 Å². The lowest BCUT2D eigenvalue weighted by Crippen LogP contribution is -2.04. The molecule has 2 aromatic carbocycles. The molecule has 0 heterocycles. The van der Waals surface area contributed by atoms with E-state index in [4.69, 9.17) is 4.74 Å². The molecule has 0 unspecified atom stereocenters. The van der Waals surface area contributed by atoms with Gasteiger partial charge in [-0.1, -0.05) is 18.2 Å². The predicted octanol–water partition coefficient (Wildman–Crippen LogP) is 3.40. The molecule has 18 heavy (non-hydrogen) atoms. The van der Waals surface area contributed by atoms with Crippen LogP contribution in [0.3, 0.4) is 0 Å². The number of carbonyl (C=O) groups is 1. The molecule has 4 heteroatoms. The molecule has 0 saturated carbocycles. The fourth-order valence-electron chi connectivity index (χ4n) is 1.46. The van der Waals surface area contributed by atoms with Crippen molar-refractivity contribution in [1.82, 2.24) is 0 Å². The molecule has 2 aromatic rings. The van der Waals surface area contributed by atoms with Crippen molar-refractivity contribution in [3.63, 3.8) is 0 Å². The summed E-state index contributed by atoms with van der Waals surface area (Å²) < 4.78 is 23.5. The first-order chi connectivity index (χ1) is 8.70. The third-order valence-electron chi connectivity index (χ3n) is 2.32. The molecular formula is C14H11FO3. The lowest BCUT2D eigenvalue weighted by molar-refractivity contribution is 0.0595. The Labute approximate surface area is 104 Å². The van der Waals surface area contributed by atoms with Gasteiger partial charge >= 0.3 is 5.97 Å². The van der Waals surface area contributed by atoms with Crippen molar-refractivity contribution in [3.8, 4) is 11.5 Å². The smallest absolute Gasteiger partial charge is 0.340 e. The van der Waals surface area contributed by atoms with Gasteiger partial charge in [0.15, 0.2) is 0 Å². The minimum absolute atomic E-state index is 0.113. The van der Waals surface area contributed by atoms with Gasteiger partial charge in [0.2, 0.25) is 0 Å². The van der Waals surface area contributed by atoms with E-state index in [0.717, 1.165) is 6.07 Å². The molecule has 92 valence electrons. The first-order valence-corrected chi connectivity index (χ1v) is 5.31. The highest BCUT2D eigenvalue weighted by Crippen LogP contribution is 2.23. The maximum absolute atomic E-state index is 13.6. The summed E-state index contributed by atoms with van der Waals surface area (Å²) in [6.07, 6.45) is 0. The number of hydrogen-bond acceptors (Lipinski definition) is 3. The Morgan fingerprint density at radius 1 is 1.06 bits per heavy atom. The van der Waals surface area contributed by atoms with Crippen LogP contribution in [0.1, 0.15) is 10.4 Å². The van der Waals surface area contributed by atoms with E-state index >= 15 is 0 Å². The van der Waals surface area contributed by atoms with Gasteiger partial charge in [0.05, 0.1) is 12.7 Å². The highest BCUT2D eigenvalue weighted by molar-refractivity contribution is 5.89. The number of rotatable bonds is 3. The molecule has 0 aliphatic rings. The number of para-hydroxylation sites is 1. The molecule has 0 aliphatic carbocycles. The molecule has 0 atom stereocenters. The molecule has 0 radical (unpaired) electrons. The summed E-state index contributed by atoms with van der Waals surface area (Å²) >= 11 is 0. The zero-order valence-electron chi connectivity index (χ0n) is 9.72. The summed E-state index contributed by atoms with van der Waals surface area (Å²) in [5.74, 6) is -0.455. The van der Waals surface area contributed by atoms with E-state index in [1.54, 1.807) is 12.1 Å². The van der Waals surface area contributed by atoms with Gasteiger partial charge < -0.3 is 9.47 Å². The summed E-state index contributed by atoms with van der Waals surface area (Å²) in [6, 6.07) is 13.0. The van der Waals surface area contributed by atoms with Crippen LogP contribution in [0, 0.1) is 5.82 Å². The maximum Gasteiger partial charge on any atom is 0.340 e. The Bertz CT molecular complexity index is 552. The average molecular weight is 246 g/mol. The monoisotopic (exact) mass is 246 g/mol. The molecule has 0 N–H and O–H groups in total. The van der Waals surface area contributed by atoms with Crippen molar-refractivity contribution in [3.05, 3.63) is 59.9 Å². The number of carbonyl (C=O) groups excluding carboxylic acids is 1. The van der Waals surface area contributed by atoms with Crippen LogP contribution in [-0.2, 0) is 4.74 Å². The highest BCUT2D eigenvalue weighted by Gasteiger charge is 2.12. The quantitative estimate of drug-likeness (QED) is 0.778. The van der Waals surface area contributed by atoms with Crippen LogP contribution in [0.25, 0.3) is 0 Å². The Morgan fingerprint density at radius 3 is 2.39 bits per heavy atom. The molecule has 0 amide bonds. The normalized spacial score (nSPS) is 9.89. The van der Waals surface area contributed by atoms with E-state index in [-0.39, 0.29) is 5.56 Å². The van der Waals surface area contributed by atoms with Crippen LogP contribution in [0.5, 0.6) is 11.5 Å². The SMILES string of the molecule is COC(=O)c1ccc(Oc2ccccc2)cc1F. The first-order valence-electron chi connectivity index (χ1n) is 5.31. The maximum atomic E-state index is 13.6. The highest BCUT2D eigenvalue weighted by atomic mass is 19.1. The molecular weight excluding hydrogens is 235 g/mol. The number of esters is 1. The number of hydrogen-bond donors (Lipinski definition) is 0. The lowest BCUT2D eigenvalue weighted by atomic mass is 10.2. The molecule has 3 nitrogen and oxygen atoms in total. The second-order valence-corrected chi connectivity index (χ2v) is 3.55. The van der Waals surface area contributed by atoms with E-state index in [0.29, 0.717) is 11.5 Å². The van der Waals surface area contributed by atoms with Gasteiger partial charge in [0, 0.05) is 6.07 Å². The van der Waals surface area contributed by atoms with Crippen LogP contribution in [0.2, 0.25) is 0 Å². The van der Waals surface area contributed by atoms with Gasteiger partial charge in [-0.05, 0) is 24.3 Å². The summed E-state index contributed by atoms with van der Waals surface area (Å²) in [4.78, 5) is 11.2. The van der Waals surface area contributed by atoms with Crippen molar-refractivity contribution in [2.45, 2.75) is 0 Å². The number of methoxy groups -OCH3 is 1. The van der Waals surface area contributed by atoms with Crippen molar-refractivity contribution in [1.29, 1.82) is 0 Å². The van der Waals surface area contributed by atoms with Crippen molar-refractivity contribution in [2.75, 3.05) is 7.11 Å². The number of ether oxygens (including phenoxy) is 2. The molecule has 0 bridgehead atoms. The van der Waals surface area contributed by atoms with E-state index in [9.17, 15) is 9.18 Å². The third-order valence-corrected chi connectivity index (χ3v) is 2.32. The van der Waals surface area contributed by atoms with Crippen molar-refractivity contribution in [2.24, 2.45) is 0 Å². The molecule has 0 aliphatic heterocycles. The fourth-order valence-corrected chi connectivity index (χ4v) is 1.46. The summed E-state index contributed by atoms with van der Waals surface area (Å²) in [6.45, 7) is 0. The summed E-state index contributed by atoms with van der Waals surface area (Å²) in [5, 5.41) is 0. The second-order valence-electron chi connectivity index (χ2n) is 3.55. The van der Waals surface area contributed by atoms with Crippen molar-refractivity contribution >= 4 is 5.97 Å². The van der Waals surface area contributed by atoms with Crippen LogP contribution in [0.15, 0.2) is 48.5 Å². The molecule has 0 spiro atoms. The topological polar surface area (TPSA) is 35.5 Å². The standard InChI is InChI=1S/C14H11FO3/c1-17-14(16)12-8-7-11(9-13(12)15)18-10-5-3-2-4-6-10/h2-9H,1H3. The second kappa shape index (κ2) is 5.31. The fraction of sp³-hybridized carbons (Fsp3) is 0.0714. The first kappa shape index (κ1) is 12.1. The largest absolute Gasteiger partial charge is 0.465 e. The third kappa shape index (κ3) is 2.66. The van der Waals surface area contributed by atoms with Crippen molar-refractivity contribution < 1.29 is 18.7 Å². The predicted molar refractivity (Wildman–Crippen MR) is 64.3 cm³/mol. The van der Waals surface area contributed by atoms with E-state index < -0.39 is 11.8 Å². The Balaban J connectivity index is 2.22. The zero-order valence-corrected chi connectivity index (χ0v) is 9.72. The molecule has 2 rings (SSSR count). The van der Waals surface area contributed by atoms with E-state index in [1.807, 2.05) is 18.2 Å². The Morgan fingerprint density at radius 2 is 1.78 bits per heavy atom. The number of halogens is 1. The van der Waals surface area contributed by atoms with Gasteiger partial charge in [-0.15, -0.1) is 0 Å². The molecule has 0 fully saturated rings. The van der Waals surface area contributed by atoms with Crippen LogP contribution in [-0.4, -0.2) is 13.1 Å². The minimum Gasteiger partial charge on any atom is -0.465 e.